The van der Waals surface area contributed by atoms with Crippen molar-refractivity contribution in [3.63, 3.8) is 0 Å². The first-order valence-electron chi connectivity index (χ1n) is 4.75. The molecule has 0 fully saturated rings. The normalized spacial score (nSPS) is 12.0. The van der Waals surface area contributed by atoms with Crippen molar-refractivity contribution in [2.45, 2.75) is 13.0 Å². The summed E-state index contributed by atoms with van der Waals surface area (Å²) in [5.74, 6) is -1.53. The fraction of sp³-hybridized carbons (Fsp3) is 0.273. The first kappa shape index (κ1) is 13.8. The van der Waals surface area contributed by atoms with Gasteiger partial charge < -0.3 is 10.0 Å². The van der Waals surface area contributed by atoms with Crippen LogP contribution < -0.4 is 0 Å². The zero-order valence-corrected chi connectivity index (χ0v) is 10.8. The van der Waals surface area contributed by atoms with Gasteiger partial charge in [-0.2, -0.15) is 0 Å². The van der Waals surface area contributed by atoms with Crippen LogP contribution in [0.15, 0.2) is 18.2 Å². The van der Waals surface area contributed by atoms with Crippen molar-refractivity contribution in [1.29, 1.82) is 0 Å². The second-order valence-corrected chi connectivity index (χ2v) is 4.38. The molecule has 0 saturated heterocycles. The highest BCUT2D eigenvalue weighted by Crippen LogP contribution is 2.29. The summed E-state index contributed by atoms with van der Waals surface area (Å²) in [6.07, 6.45) is 0. The number of amides is 1. The molecule has 0 aliphatic heterocycles. The molecule has 1 aromatic rings. The quantitative estimate of drug-likeness (QED) is 0.923. The lowest BCUT2D eigenvalue weighted by Gasteiger charge is -2.24. The van der Waals surface area contributed by atoms with Crippen molar-refractivity contribution in [2.24, 2.45) is 0 Å². The summed E-state index contributed by atoms with van der Waals surface area (Å²) in [4.78, 5) is 23.6. The van der Waals surface area contributed by atoms with E-state index >= 15 is 0 Å². The van der Waals surface area contributed by atoms with E-state index in [4.69, 9.17) is 28.3 Å². The molecule has 1 unspecified atom stereocenters. The van der Waals surface area contributed by atoms with Gasteiger partial charge in [-0.15, -0.1) is 0 Å². The maximum atomic E-state index is 11.2. The van der Waals surface area contributed by atoms with Crippen LogP contribution in [0.5, 0.6) is 0 Å². The van der Waals surface area contributed by atoms with Crippen molar-refractivity contribution >= 4 is 35.1 Å². The van der Waals surface area contributed by atoms with E-state index < -0.39 is 12.0 Å². The molecule has 6 heteroatoms. The Kier molecular flexibility index (Phi) is 4.37. The van der Waals surface area contributed by atoms with Crippen LogP contribution in [0, 0.1) is 0 Å². The number of carbonyl (C=O) groups is 2. The number of carboxylic acids is 1. The number of rotatable bonds is 3. The number of hydrogen-bond donors (Lipinski definition) is 1. The Morgan fingerprint density at radius 3 is 2.41 bits per heavy atom. The zero-order chi connectivity index (χ0) is 13.2. The lowest BCUT2D eigenvalue weighted by molar-refractivity contribution is -0.148. The summed E-state index contributed by atoms with van der Waals surface area (Å²) < 4.78 is 0. The summed E-state index contributed by atoms with van der Waals surface area (Å²) in [7, 11) is 1.40. The minimum absolute atomic E-state index is 0.259. The van der Waals surface area contributed by atoms with Gasteiger partial charge in [0.25, 0.3) is 0 Å². The number of benzene rings is 1. The summed E-state index contributed by atoms with van der Waals surface area (Å²) in [5.41, 5.74) is 0.296. The van der Waals surface area contributed by atoms with Gasteiger partial charge >= 0.3 is 5.97 Å². The highest BCUT2D eigenvalue weighted by atomic mass is 35.5. The number of nitrogens with zero attached hydrogens (tertiary/aromatic N) is 1. The average Bonchev–Trinajstić information content (AvgIpc) is 2.22. The monoisotopic (exact) mass is 275 g/mol. The van der Waals surface area contributed by atoms with E-state index in [0.29, 0.717) is 10.6 Å². The van der Waals surface area contributed by atoms with Crippen LogP contribution in [-0.2, 0) is 9.59 Å². The van der Waals surface area contributed by atoms with Crippen LogP contribution >= 0.6 is 23.2 Å². The van der Waals surface area contributed by atoms with Crippen LogP contribution in [0.4, 0.5) is 0 Å². The van der Waals surface area contributed by atoms with Crippen LogP contribution in [0.3, 0.4) is 0 Å². The minimum atomic E-state index is -1.16. The Balaban J connectivity index is 3.27. The predicted molar refractivity (Wildman–Crippen MR) is 65.3 cm³/mol. The van der Waals surface area contributed by atoms with Gasteiger partial charge in [-0.1, -0.05) is 23.2 Å². The molecule has 1 N–H and O–H groups in total. The largest absolute Gasteiger partial charge is 0.479 e. The van der Waals surface area contributed by atoms with E-state index in [1.165, 1.54) is 26.1 Å². The van der Waals surface area contributed by atoms with Gasteiger partial charge in [0.2, 0.25) is 5.91 Å². The molecule has 0 spiro atoms. The number of halogens is 2. The Hall–Kier alpha value is -1.26. The molecule has 1 amide bonds. The van der Waals surface area contributed by atoms with Crippen LogP contribution in [0.1, 0.15) is 18.5 Å². The Labute approximate surface area is 109 Å². The van der Waals surface area contributed by atoms with Crippen molar-refractivity contribution in [3.8, 4) is 0 Å². The van der Waals surface area contributed by atoms with Crippen molar-refractivity contribution in [1.82, 2.24) is 4.90 Å². The lowest BCUT2D eigenvalue weighted by Crippen LogP contribution is -2.34. The molecule has 17 heavy (non-hydrogen) atoms. The Morgan fingerprint density at radius 1 is 1.35 bits per heavy atom. The molecule has 92 valence electrons. The minimum Gasteiger partial charge on any atom is -0.479 e. The molecular weight excluding hydrogens is 265 g/mol. The molecule has 1 rings (SSSR count). The molecule has 0 bridgehead atoms. The van der Waals surface area contributed by atoms with Crippen LogP contribution in [-0.4, -0.2) is 28.9 Å². The standard InChI is InChI=1S/C11H11Cl2NO3/c1-6(15)14(2)10(11(16)17)8-5-7(12)3-4-9(8)13/h3-5,10H,1-2H3,(H,16,17). The van der Waals surface area contributed by atoms with Crippen LogP contribution in [0.25, 0.3) is 0 Å². The maximum Gasteiger partial charge on any atom is 0.331 e. The fourth-order valence-electron chi connectivity index (χ4n) is 1.41. The number of aliphatic carboxylic acids is 1. The van der Waals surface area contributed by atoms with E-state index in [1.54, 1.807) is 6.07 Å². The molecule has 1 atom stereocenters. The third-order valence-corrected chi connectivity index (χ3v) is 2.95. The number of carboxylic acid groups (broad SMARTS) is 1. The molecule has 0 aliphatic carbocycles. The van der Waals surface area contributed by atoms with E-state index in [-0.39, 0.29) is 10.9 Å². The molecule has 0 aromatic heterocycles. The second-order valence-electron chi connectivity index (χ2n) is 3.54. The van der Waals surface area contributed by atoms with Crippen molar-refractivity contribution in [3.05, 3.63) is 33.8 Å². The lowest BCUT2D eigenvalue weighted by atomic mass is 10.1. The third kappa shape index (κ3) is 3.11. The van der Waals surface area contributed by atoms with Gasteiger partial charge in [0.15, 0.2) is 6.04 Å². The molecule has 0 radical (unpaired) electrons. The number of carbonyl (C=O) groups excluding carboxylic acids is 1. The zero-order valence-electron chi connectivity index (χ0n) is 9.28. The summed E-state index contributed by atoms with van der Waals surface area (Å²) in [6, 6.07) is 3.37. The predicted octanol–water partition coefficient (Wildman–Crippen LogP) is 2.60. The van der Waals surface area contributed by atoms with Crippen molar-refractivity contribution < 1.29 is 14.7 Å². The number of hydrogen-bond acceptors (Lipinski definition) is 2. The smallest absolute Gasteiger partial charge is 0.331 e. The van der Waals surface area contributed by atoms with E-state index in [9.17, 15) is 9.59 Å². The third-order valence-electron chi connectivity index (χ3n) is 2.37. The molecule has 0 aliphatic rings. The van der Waals surface area contributed by atoms with E-state index in [0.717, 1.165) is 4.90 Å². The van der Waals surface area contributed by atoms with Gasteiger partial charge in [-0.25, -0.2) is 4.79 Å². The summed E-state index contributed by atoms with van der Waals surface area (Å²) in [6.45, 7) is 1.29. The Morgan fingerprint density at radius 2 is 1.94 bits per heavy atom. The summed E-state index contributed by atoms with van der Waals surface area (Å²) in [5, 5.41) is 9.79. The topological polar surface area (TPSA) is 57.6 Å². The molecular formula is C11H11Cl2NO3. The first-order valence-corrected chi connectivity index (χ1v) is 5.51. The molecule has 4 nitrogen and oxygen atoms in total. The molecule has 0 heterocycles. The number of likely N-dealkylation sites (N-methyl/N-ethyl adjacent to an activating group) is 1. The Bertz CT molecular complexity index is 462. The molecule has 1 aromatic carbocycles. The first-order chi connectivity index (χ1) is 7.84. The van der Waals surface area contributed by atoms with Crippen LogP contribution in [0.2, 0.25) is 10.0 Å². The van der Waals surface area contributed by atoms with Crippen molar-refractivity contribution in [2.75, 3.05) is 7.05 Å². The van der Waals surface area contributed by atoms with E-state index in [2.05, 4.69) is 0 Å². The maximum absolute atomic E-state index is 11.2. The highest BCUT2D eigenvalue weighted by molar-refractivity contribution is 6.33. The second kappa shape index (κ2) is 5.38. The molecule has 0 saturated carbocycles. The van der Waals surface area contributed by atoms with Gasteiger partial charge in [-0.05, 0) is 18.2 Å². The van der Waals surface area contributed by atoms with E-state index in [1.807, 2.05) is 0 Å². The highest BCUT2D eigenvalue weighted by Gasteiger charge is 2.28. The average molecular weight is 276 g/mol. The van der Waals surface area contributed by atoms with Gasteiger partial charge in [0.05, 0.1) is 0 Å². The fourth-order valence-corrected chi connectivity index (χ4v) is 1.81. The van der Waals surface area contributed by atoms with Gasteiger partial charge in [0.1, 0.15) is 0 Å². The summed E-state index contributed by atoms with van der Waals surface area (Å²) >= 11 is 11.7. The SMILES string of the molecule is CC(=O)N(C)C(C(=O)O)c1cc(Cl)ccc1Cl. The van der Waals surface area contributed by atoms with Gasteiger partial charge in [-0.3, -0.25) is 4.79 Å². The van der Waals surface area contributed by atoms with Gasteiger partial charge in [0, 0.05) is 29.6 Å².